The Morgan fingerprint density at radius 1 is 1.09 bits per heavy atom. The van der Waals surface area contributed by atoms with Crippen LogP contribution in [0.5, 0.6) is 11.6 Å². The van der Waals surface area contributed by atoms with E-state index in [-0.39, 0.29) is 38.6 Å². The van der Waals surface area contributed by atoms with E-state index in [0.29, 0.717) is 11.6 Å². The van der Waals surface area contributed by atoms with Gasteiger partial charge < -0.3 is 28.6 Å². The molecule has 2 aliphatic rings. The molecule has 2 aromatic rings. The van der Waals surface area contributed by atoms with Gasteiger partial charge >= 0.3 is 0 Å². The number of amides is 1. The molecule has 3 heterocycles. The SMILES string of the molecule is COCO[C@@]1(Cc2cc(OC3CCC(C)CC3)ccn2)C(=O)N(COC)[C@H]1COc1cnccn1. The summed E-state index contributed by atoms with van der Waals surface area (Å²) >= 11 is 0. The van der Waals surface area contributed by atoms with Gasteiger partial charge in [-0.05, 0) is 37.7 Å². The molecule has 0 bridgehead atoms. The molecule has 10 heteroatoms. The normalized spacial score (nSPS) is 26.3. The molecular formula is C25H34N4O6. The minimum atomic E-state index is -1.22. The molecule has 2 atom stereocenters. The number of hydrogen-bond donors (Lipinski definition) is 0. The van der Waals surface area contributed by atoms with Crippen molar-refractivity contribution in [3.8, 4) is 11.6 Å². The van der Waals surface area contributed by atoms with Crippen LogP contribution in [0.3, 0.4) is 0 Å². The van der Waals surface area contributed by atoms with Crippen molar-refractivity contribution in [3.05, 3.63) is 42.6 Å². The lowest BCUT2D eigenvalue weighted by Gasteiger charge is -2.54. The molecule has 1 amide bonds. The van der Waals surface area contributed by atoms with E-state index in [9.17, 15) is 4.79 Å². The molecule has 0 unspecified atom stereocenters. The number of carbonyl (C=O) groups excluding carboxylic acids is 1. The second-order valence-corrected chi connectivity index (χ2v) is 9.16. The molecule has 0 radical (unpaired) electrons. The first-order chi connectivity index (χ1) is 17.1. The molecule has 2 fully saturated rings. The number of nitrogens with zero attached hydrogens (tertiary/aromatic N) is 4. The quantitative estimate of drug-likeness (QED) is 0.331. The Balaban J connectivity index is 1.52. The van der Waals surface area contributed by atoms with Crippen LogP contribution in [-0.4, -0.2) is 77.9 Å². The highest BCUT2D eigenvalue weighted by Crippen LogP contribution is 2.38. The fraction of sp³-hybridized carbons (Fsp3) is 0.600. The summed E-state index contributed by atoms with van der Waals surface area (Å²) in [5.41, 5.74) is -0.527. The van der Waals surface area contributed by atoms with Crippen molar-refractivity contribution in [2.75, 3.05) is 34.4 Å². The Morgan fingerprint density at radius 3 is 2.63 bits per heavy atom. The van der Waals surface area contributed by atoms with Gasteiger partial charge in [-0.1, -0.05) is 6.92 Å². The zero-order chi connectivity index (χ0) is 24.7. The van der Waals surface area contributed by atoms with Gasteiger partial charge in [0.05, 0.1) is 12.3 Å². The largest absolute Gasteiger partial charge is 0.490 e. The topological polar surface area (TPSA) is 105 Å². The van der Waals surface area contributed by atoms with Crippen molar-refractivity contribution in [1.82, 2.24) is 19.9 Å². The van der Waals surface area contributed by atoms with Crippen molar-refractivity contribution in [2.24, 2.45) is 5.92 Å². The highest BCUT2D eigenvalue weighted by atomic mass is 16.7. The average Bonchev–Trinajstić information content (AvgIpc) is 2.88. The first-order valence-corrected chi connectivity index (χ1v) is 12.0. The second-order valence-electron chi connectivity index (χ2n) is 9.16. The van der Waals surface area contributed by atoms with Crippen molar-refractivity contribution in [1.29, 1.82) is 0 Å². The van der Waals surface area contributed by atoms with Crippen LogP contribution < -0.4 is 9.47 Å². The van der Waals surface area contributed by atoms with E-state index >= 15 is 0 Å². The summed E-state index contributed by atoms with van der Waals surface area (Å²) in [7, 11) is 3.06. The summed E-state index contributed by atoms with van der Waals surface area (Å²) in [5.74, 6) is 1.66. The number of β-lactam (4-membered cyclic amide) rings is 1. The summed E-state index contributed by atoms with van der Waals surface area (Å²) in [4.78, 5) is 27.6. The van der Waals surface area contributed by atoms with Crippen LogP contribution in [0.2, 0.25) is 0 Å². The van der Waals surface area contributed by atoms with Crippen molar-refractivity contribution in [2.45, 2.75) is 56.8 Å². The smallest absolute Gasteiger partial charge is 0.259 e. The third kappa shape index (κ3) is 5.88. The van der Waals surface area contributed by atoms with E-state index in [0.717, 1.165) is 24.5 Å². The van der Waals surface area contributed by atoms with Crippen molar-refractivity contribution >= 4 is 5.91 Å². The number of likely N-dealkylation sites (tertiary alicyclic amines) is 1. The molecule has 1 saturated carbocycles. The minimum Gasteiger partial charge on any atom is -0.490 e. The highest BCUT2D eigenvalue weighted by Gasteiger charge is 2.62. The van der Waals surface area contributed by atoms with E-state index in [1.54, 1.807) is 23.5 Å². The van der Waals surface area contributed by atoms with Gasteiger partial charge in [0.2, 0.25) is 5.88 Å². The molecule has 10 nitrogen and oxygen atoms in total. The van der Waals surface area contributed by atoms with Gasteiger partial charge in [0.1, 0.15) is 31.9 Å². The van der Waals surface area contributed by atoms with E-state index in [2.05, 4.69) is 21.9 Å². The fourth-order valence-electron chi connectivity index (χ4n) is 4.75. The summed E-state index contributed by atoms with van der Waals surface area (Å²) in [6.45, 7) is 2.49. The third-order valence-electron chi connectivity index (χ3n) is 6.67. The predicted molar refractivity (Wildman–Crippen MR) is 126 cm³/mol. The number of aromatic nitrogens is 3. The number of ether oxygens (including phenoxy) is 5. The van der Waals surface area contributed by atoms with Gasteiger partial charge in [-0.3, -0.25) is 14.8 Å². The average molecular weight is 487 g/mol. The molecule has 4 rings (SSSR count). The molecule has 1 aliphatic carbocycles. The standard InChI is InChI=1S/C25H34N4O6/c1-18-4-6-20(7-5-18)35-21-8-9-27-19(12-21)13-25(34-17-32-3)22(29(16-31-2)24(25)30)15-33-23-14-26-10-11-28-23/h8-12,14,18,20,22H,4-7,13,15-17H2,1-3H3/t18?,20?,22-,25+/m0/s1. The van der Waals surface area contributed by atoms with Gasteiger partial charge in [-0.25, -0.2) is 4.98 Å². The fourth-order valence-corrected chi connectivity index (χ4v) is 4.75. The molecule has 190 valence electrons. The molecule has 0 spiro atoms. The second kappa shape index (κ2) is 11.7. The zero-order valence-corrected chi connectivity index (χ0v) is 20.6. The summed E-state index contributed by atoms with van der Waals surface area (Å²) < 4.78 is 28.6. The number of pyridine rings is 1. The van der Waals surface area contributed by atoms with Crippen LogP contribution in [0.4, 0.5) is 0 Å². The van der Waals surface area contributed by atoms with Gasteiger partial charge in [-0.2, -0.15) is 0 Å². The van der Waals surface area contributed by atoms with Crippen LogP contribution in [0.1, 0.15) is 38.3 Å². The van der Waals surface area contributed by atoms with Crippen molar-refractivity contribution < 1.29 is 28.5 Å². The summed E-state index contributed by atoms with van der Waals surface area (Å²) in [5, 5.41) is 0. The predicted octanol–water partition coefficient (Wildman–Crippen LogP) is 2.62. The lowest BCUT2D eigenvalue weighted by molar-refractivity contribution is -0.236. The number of methoxy groups -OCH3 is 2. The molecule has 2 aromatic heterocycles. The Bertz CT molecular complexity index is 956. The maximum Gasteiger partial charge on any atom is 0.259 e. The van der Waals surface area contributed by atoms with Gasteiger partial charge in [0.25, 0.3) is 5.91 Å². The Morgan fingerprint density at radius 2 is 1.91 bits per heavy atom. The maximum absolute atomic E-state index is 13.4. The lowest BCUT2D eigenvalue weighted by Crippen LogP contribution is -2.77. The van der Waals surface area contributed by atoms with Gasteiger partial charge in [0.15, 0.2) is 5.60 Å². The number of carbonyl (C=O) groups is 1. The maximum atomic E-state index is 13.4. The molecule has 0 N–H and O–H groups in total. The monoisotopic (exact) mass is 486 g/mol. The highest BCUT2D eigenvalue weighted by molar-refractivity contribution is 5.93. The molecule has 1 aliphatic heterocycles. The molecular weight excluding hydrogens is 452 g/mol. The number of rotatable bonds is 12. The first-order valence-electron chi connectivity index (χ1n) is 12.0. The Labute approximate surface area is 205 Å². The summed E-state index contributed by atoms with van der Waals surface area (Å²) in [6, 6.07) is 3.31. The third-order valence-corrected chi connectivity index (χ3v) is 6.67. The van der Waals surface area contributed by atoms with Crippen LogP contribution in [-0.2, 0) is 25.4 Å². The van der Waals surface area contributed by atoms with Crippen LogP contribution in [0.25, 0.3) is 0 Å². The van der Waals surface area contributed by atoms with Crippen LogP contribution >= 0.6 is 0 Å². The molecule has 1 saturated heterocycles. The van der Waals surface area contributed by atoms with E-state index in [4.69, 9.17) is 23.7 Å². The summed E-state index contributed by atoms with van der Waals surface area (Å²) in [6.07, 6.45) is 11.2. The minimum absolute atomic E-state index is 0.0509. The van der Waals surface area contributed by atoms with Gasteiger partial charge in [0, 0.05) is 51.0 Å². The zero-order valence-electron chi connectivity index (χ0n) is 20.6. The first kappa shape index (κ1) is 25.3. The number of hydrogen-bond acceptors (Lipinski definition) is 9. The molecule has 35 heavy (non-hydrogen) atoms. The van der Waals surface area contributed by atoms with Gasteiger partial charge in [-0.15, -0.1) is 0 Å². The van der Waals surface area contributed by atoms with E-state index in [1.165, 1.54) is 33.3 Å². The van der Waals surface area contributed by atoms with E-state index < -0.39 is 11.6 Å². The van der Waals surface area contributed by atoms with Crippen molar-refractivity contribution in [3.63, 3.8) is 0 Å². The van der Waals surface area contributed by atoms with Crippen LogP contribution in [0.15, 0.2) is 36.9 Å². The Kier molecular flexibility index (Phi) is 8.48. The molecule has 0 aromatic carbocycles. The Hall–Kier alpha value is -2.82. The van der Waals surface area contributed by atoms with E-state index in [1.807, 2.05) is 12.1 Å². The van der Waals surface area contributed by atoms with Crippen LogP contribution in [0, 0.1) is 5.92 Å². The lowest BCUT2D eigenvalue weighted by atomic mass is 9.78.